The van der Waals surface area contributed by atoms with Gasteiger partial charge in [-0.3, -0.25) is 4.90 Å². The van der Waals surface area contributed by atoms with E-state index in [-0.39, 0.29) is 17.9 Å². The van der Waals surface area contributed by atoms with Crippen molar-refractivity contribution in [2.45, 2.75) is 5.50 Å². The highest BCUT2D eigenvalue weighted by Gasteiger charge is 2.16. The lowest BCUT2D eigenvalue weighted by atomic mass is 10.4. The van der Waals surface area contributed by atoms with Crippen molar-refractivity contribution in [3.8, 4) is 0 Å². The number of nitrogens with zero attached hydrogens (tertiary/aromatic N) is 1. The zero-order valence-corrected chi connectivity index (χ0v) is 8.46. The Morgan fingerprint density at radius 3 is 2.36 bits per heavy atom. The molecule has 0 spiro atoms. The molecule has 1 fully saturated rings. The van der Waals surface area contributed by atoms with Crippen molar-refractivity contribution in [1.82, 2.24) is 4.90 Å². The first-order chi connectivity index (χ1) is 4.84. The molecule has 1 aliphatic heterocycles. The lowest BCUT2D eigenvalue weighted by molar-refractivity contribution is 0.0344. The average molecular weight is 221 g/mol. The van der Waals surface area contributed by atoms with Crippen LogP contribution < -0.4 is 0 Å². The first-order valence-corrected chi connectivity index (χ1v) is 4.33. The van der Waals surface area contributed by atoms with Crippen LogP contribution in [0.4, 0.5) is 0 Å². The smallest absolute Gasteiger partial charge is 0.0988 e. The zero-order chi connectivity index (χ0) is 7.40. The summed E-state index contributed by atoms with van der Waals surface area (Å²) in [5.41, 5.74) is -0.0226. The molecule has 0 aromatic rings. The van der Waals surface area contributed by atoms with Gasteiger partial charge in [-0.25, -0.2) is 0 Å². The van der Waals surface area contributed by atoms with E-state index < -0.39 is 0 Å². The van der Waals surface area contributed by atoms with Gasteiger partial charge < -0.3 is 4.74 Å². The van der Waals surface area contributed by atoms with Crippen LogP contribution in [0.5, 0.6) is 0 Å². The van der Waals surface area contributed by atoms with Gasteiger partial charge in [0, 0.05) is 13.1 Å². The van der Waals surface area contributed by atoms with Gasteiger partial charge in [-0.15, -0.1) is 35.6 Å². The minimum Gasteiger partial charge on any atom is -0.379 e. The van der Waals surface area contributed by atoms with E-state index in [1.807, 2.05) is 0 Å². The number of halogens is 3. The van der Waals surface area contributed by atoms with Crippen LogP contribution in [-0.2, 0) is 4.74 Å². The van der Waals surface area contributed by atoms with E-state index in [2.05, 4.69) is 4.90 Å². The predicted molar refractivity (Wildman–Crippen MR) is 50.0 cm³/mol. The molecular weight excluding hydrogens is 208 g/mol. The number of morpholine rings is 1. The number of alkyl halides is 2. The Kier molecular flexibility index (Phi) is 6.78. The monoisotopic (exact) mass is 219 g/mol. The molecule has 0 radical (unpaired) electrons. The fourth-order valence-corrected chi connectivity index (χ4v) is 1.35. The van der Waals surface area contributed by atoms with Crippen LogP contribution >= 0.6 is 35.6 Å². The molecule has 1 rings (SSSR count). The van der Waals surface area contributed by atoms with Gasteiger partial charge in [-0.05, 0) is 0 Å². The van der Waals surface area contributed by atoms with Crippen LogP contribution in [-0.4, -0.2) is 42.6 Å². The maximum absolute atomic E-state index is 5.88. The molecule has 68 valence electrons. The summed E-state index contributed by atoms with van der Waals surface area (Å²) < 4.78 is 5.15. The van der Waals surface area contributed by atoms with Gasteiger partial charge in [-0.2, -0.15) is 0 Å². The molecule has 0 amide bonds. The molecule has 1 unspecified atom stereocenters. The van der Waals surface area contributed by atoms with Crippen molar-refractivity contribution >= 4 is 35.6 Å². The average Bonchev–Trinajstić information content (AvgIpc) is 2.05. The van der Waals surface area contributed by atoms with E-state index in [1.54, 1.807) is 0 Å². The Bertz CT molecular complexity index is 97.8. The van der Waals surface area contributed by atoms with E-state index in [4.69, 9.17) is 27.9 Å². The summed E-state index contributed by atoms with van der Waals surface area (Å²) in [5, 5.41) is 0. The Morgan fingerprint density at radius 1 is 1.36 bits per heavy atom. The van der Waals surface area contributed by atoms with E-state index in [0.29, 0.717) is 5.88 Å². The van der Waals surface area contributed by atoms with Crippen molar-refractivity contribution in [1.29, 1.82) is 0 Å². The first-order valence-electron chi connectivity index (χ1n) is 3.36. The highest BCUT2D eigenvalue weighted by atomic mass is 35.5. The second-order valence-corrected chi connectivity index (χ2v) is 3.05. The van der Waals surface area contributed by atoms with Crippen molar-refractivity contribution in [2.24, 2.45) is 0 Å². The SMILES string of the molecule is Cl.ClCC(Cl)N1CCOCC1. The molecule has 1 aliphatic rings. The summed E-state index contributed by atoms with van der Waals surface area (Å²) in [6.07, 6.45) is 0. The van der Waals surface area contributed by atoms with E-state index in [9.17, 15) is 0 Å². The summed E-state index contributed by atoms with van der Waals surface area (Å²) in [6.45, 7) is 3.36. The summed E-state index contributed by atoms with van der Waals surface area (Å²) in [7, 11) is 0. The quantitative estimate of drug-likeness (QED) is 0.517. The molecule has 5 heteroatoms. The lowest BCUT2D eigenvalue weighted by Crippen LogP contribution is -2.41. The van der Waals surface area contributed by atoms with Crippen LogP contribution in [0.1, 0.15) is 0 Å². The molecule has 1 atom stereocenters. The molecule has 2 nitrogen and oxygen atoms in total. The van der Waals surface area contributed by atoms with Crippen molar-refractivity contribution in [2.75, 3.05) is 32.2 Å². The molecule has 0 bridgehead atoms. The standard InChI is InChI=1S/C6H11Cl2NO.ClH/c7-5-6(8)9-1-3-10-4-2-9;/h6H,1-5H2;1H. The van der Waals surface area contributed by atoms with Crippen LogP contribution in [0, 0.1) is 0 Å². The Balaban J connectivity index is 0.000001000. The maximum Gasteiger partial charge on any atom is 0.0988 e. The minimum absolute atomic E-state index is 0. The predicted octanol–water partition coefficient (Wildman–Crippen LogP) is 1.54. The Morgan fingerprint density at radius 2 is 1.91 bits per heavy atom. The third-order valence-corrected chi connectivity index (χ3v) is 2.45. The molecule has 1 saturated heterocycles. The molecule has 11 heavy (non-hydrogen) atoms. The maximum atomic E-state index is 5.88. The third-order valence-electron chi connectivity index (χ3n) is 1.57. The largest absolute Gasteiger partial charge is 0.379 e. The highest BCUT2D eigenvalue weighted by Crippen LogP contribution is 2.08. The van der Waals surface area contributed by atoms with Crippen molar-refractivity contribution < 1.29 is 4.74 Å². The van der Waals surface area contributed by atoms with E-state index in [0.717, 1.165) is 26.3 Å². The van der Waals surface area contributed by atoms with Gasteiger partial charge in [0.2, 0.25) is 0 Å². The molecule has 0 aromatic heterocycles. The second kappa shape index (κ2) is 6.32. The molecule has 1 heterocycles. The summed E-state index contributed by atoms with van der Waals surface area (Å²) in [6, 6.07) is 0. The number of rotatable bonds is 2. The van der Waals surface area contributed by atoms with Gasteiger partial charge in [-0.1, -0.05) is 0 Å². The number of hydrogen-bond acceptors (Lipinski definition) is 2. The summed E-state index contributed by atoms with van der Waals surface area (Å²) in [5.74, 6) is 0.488. The van der Waals surface area contributed by atoms with Gasteiger partial charge in [0.1, 0.15) is 0 Å². The summed E-state index contributed by atoms with van der Waals surface area (Å²) in [4.78, 5) is 2.12. The molecule has 0 aliphatic carbocycles. The van der Waals surface area contributed by atoms with Gasteiger partial charge in [0.25, 0.3) is 0 Å². The molecule has 0 aromatic carbocycles. The van der Waals surface area contributed by atoms with Gasteiger partial charge >= 0.3 is 0 Å². The van der Waals surface area contributed by atoms with Crippen LogP contribution in [0.3, 0.4) is 0 Å². The van der Waals surface area contributed by atoms with E-state index in [1.165, 1.54) is 0 Å². The molecule has 0 N–H and O–H groups in total. The zero-order valence-electron chi connectivity index (χ0n) is 6.13. The van der Waals surface area contributed by atoms with Crippen LogP contribution in [0.25, 0.3) is 0 Å². The van der Waals surface area contributed by atoms with E-state index >= 15 is 0 Å². The fraction of sp³-hybridized carbons (Fsp3) is 1.00. The first kappa shape index (κ1) is 11.8. The summed E-state index contributed by atoms with van der Waals surface area (Å²) >= 11 is 11.5. The van der Waals surface area contributed by atoms with Gasteiger partial charge in [0.15, 0.2) is 0 Å². The number of hydrogen-bond donors (Lipinski definition) is 0. The van der Waals surface area contributed by atoms with Crippen molar-refractivity contribution in [3.63, 3.8) is 0 Å². The minimum atomic E-state index is -0.0226. The van der Waals surface area contributed by atoms with Crippen molar-refractivity contribution in [3.05, 3.63) is 0 Å². The topological polar surface area (TPSA) is 12.5 Å². The van der Waals surface area contributed by atoms with Crippen LogP contribution in [0.15, 0.2) is 0 Å². The fourth-order valence-electron chi connectivity index (χ4n) is 0.955. The Hall–Kier alpha value is 0.790. The normalized spacial score (nSPS) is 22.4. The third kappa shape index (κ3) is 3.81. The van der Waals surface area contributed by atoms with Gasteiger partial charge in [0.05, 0.1) is 24.6 Å². The highest BCUT2D eigenvalue weighted by molar-refractivity contribution is 6.27. The molecule has 0 saturated carbocycles. The molecular formula is C6H12Cl3NO. The van der Waals surface area contributed by atoms with Crippen LogP contribution in [0.2, 0.25) is 0 Å². The lowest BCUT2D eigenvalue weighted by Gasteiger charge is -2.29. The number of ether oxygens (including phenoxy) is 1. The second-order valence-electron chi connectivity index (χ2n) is 2.24. The Labute approximate surface area is 83.2 Å².